The predicted molar refractivity (Wildman–Crippen MR) is 86.9 cm³/mol. The first-order valence-corrected chi connectivity index (χ1v) is 7.51. The summed E-state index contributed by atoms with van der Waals surface area (Å²) in [5.74, 6) is 0.232. The number of fused-ring (bicyclic) bond motifs is 1. The molecule has 6 heteroatoms. The van der Waals surface area contributed by atoms with Crippen LogP contribution in [0.3, 0.4) is 0 Å². The fourth-order valence-electron chi connectivity index (χ4n) is 2.65. The SMILES string of the molecule is O=C(O)c1cn(-c2ccccc2)nc1-c1ccc2c(c1)OCCO2. The lowest BCUT2D eigenvalue weighted by molar-refractivity contribution is 0.0697. The molecule has 2 aromatic carbocycles. The Morgan fingerprint density at radius 1 is 1.04 bits per heavy atom. The van der Waals surface area contributed by atoms with Gasteiger partial charge in [-0.2, -0.15) is 5.10 Å². The number of aromatic carboxylic acids is 1. The van der Waals surface area contributed by atoms with Gasteiger partial charge in [0, 0.05) is 11.8 Å². The van der Waals surface area contributed by atoms with Crippen molar-refractivity contribution in [1.29, 1.82) is 0 Å². The van der Waals surface area contributed by atoms with E-state index in [0.29, 0.717) is 36.0 Å². The molecular formula is C18H14N2O4. The number of benzene rings is 2. The summed E-state index contributed by atoms with van der Waals surface area (Å²) in [4.78, 5) is 11.6. The zero-order chi connectivity index (χ0) is 16.5. The van der Waals surface area contributed by atoms with Crippen LogP contribution in [-0.4, -0.2) is 34.1 Å². The van der Waals surface area contributed by atoms with E-state index in [-0.39, 0.29) is 5.56 Å². The molecule has 0 saturated heterocycles. The van der Waals surface area contributed by atoms with Gasteiger partial charge in [-0.25, -0.2) is 9.48 Å². The van der Waals surface area contributed by atoms with E-state index in [0.717, 1.165) is 5.69 Å². The largest absolute Gasteiger partial charge is 0.486 e. The standard InChI is InChI=1S/C18H14N2O4/c21-18(22)14-11-20(13-4-2-1-3-5-13)19-17(14)12-6-7-15-16(10-12)24-9-8-23-15/h1-7,10-11H,8-9H2,(H,21,22). The van der Waals surface area contributed by atoms with E-state index >= 15 is 0 Å². The number of hydrogen-bond donors (Lipinski definition) is 1. The van der Waals surface area contributed by atoms with Gasteiger partial charge in [0.1, 0.15) is 24.5 Å². The van der Waals surface area contributed by atoms with Gasteiger partial charge < -0.3 is 14.6 Å². The van der Waals surface area contributed by atoms with Crippen LogP contribution in [-0.2, 0) is 0 Å². The topological polar surface area (TPSA) is 73.6 Å². The molecule has 0 amide bonds. The summed E-state index contributed by atoms with van der Waals surface area (Å²) >= 11 is 0. The second kappa shape index (κ2) is 5.73. The number of carbonyl (C=O) groups is 1. The number of rotatable bonds is 3. The van der Waals surface area contributed by atoms with E-state index in [1.807, 2.05) is 30.3 Å². The second-order valence-corrected chi connectivity index (χ2v) is 5.34. The quantitative estimate of drug-likeness (QED) is 0.802. The van der Waals surface area contributed by atoms with Gasteiger partial charge in [0.05, 0.1) is 5.69 Å². The number of carboxylic acids is 1. The predicted octanol–water partition coefficient (Wildman–Crippen LogP) is 3.01. The van der Waals surface area contributed by atoms with Gasteiger partial charge in [0.15, 0.2) is 11.5 Å². The van der Waals surface area contributed by atoms with Gasteiger partial charge in [-0.3, -0.25) is 0 Å². The van der Waals surface area contributed by atoms with Crippen LogP contribution in [0.2, 0.25) is 0 Å². The highest BCUT2D eigenvalue weighted by Crippen LogP contribution is 2.35. The number of para-hydroxylation sites is 1. The Balaban J connectivity index is 1.82. The minimum absolute atomic E-state index is 0.135. The summed E-state index contributed by atoms with van der Waals surface area (Å²) in [6, 6.07) is 14.7. The van der Waals surface area contributed by atoms with Crippen LogP contribution >= 0.6 is 0 Å². The third-order valence-electron chi connectivity index (χ3n) is 3.78. The minimum Gasteiger partial charge on any atom is -0.486 e. The third-order valence-corrected chi connectivity index (χ3v) is 3.78. The zero-order valence-corrected chi connectivity index (χ0v) is 12.7. The average Bonchev–Trinajstić information content (AvgIpc) is 3.08. The molecule has 0 fully saturated rings. The highest BCUT2D eigenvalue weighted by molar-refractivity contribution is 5.95. The monoisotopic (exact) mass is 322 g/mol. The molecule has 0 aliphatic carbocycles. The molecule has 120 valence electrons. The number of aromatic nitrogens is 2. The Kier molecular flexibility index (Phi) is 3.42. The van der Waals surface area contributed by atoms with Crippen molar-refractivity contribution in [1.82, 2.24) is 9.78 Å². The highest BCUT2D eigenvalue weighted by atomic mass is 16.6. The molecule has 1 N–H and O–H groups in total. The van der Waals surface area contributed by atoms with Gasteiger partial charge in [0.25, 0.3) is 0 Å². The van der Waals surface area contributed by atoms with Crippen molar-refractivity contribution < 1.29 is 19.4 Å². The molecule has 1 aromatic heterocycles. The van der Waals surface area contributed by atoms with Crippen molar-refractivity contribution in [3.8, 4) is 28.4 Å². The van der Waals surface area contributed by atoms with Crippen LogP contribution in [0.4, 0.5) is 0 Å². The lowest BCUT2D eigenvalue weighted by Crippen LogP contribution is -2.15. The van der Waals surface area contributed by atoms with Crippen LogP contribution in [0, 0.1) is 0 Å². The molecule has 0 atom stereocenters. The average molecular weight is 322 g/mol. The number of ether oxygens (including phenoxy) is 2. The van der Waals surface area contributed by atoms with Crippen molar-refractivity contribution in [2.24, 2.45) is 0 Å². The fourth-order valence-corrected chi connectivity index (χ4v) is 2.65. The maximum Gasteiger partial charge on any atom is 0.339 e. The van der Waals surface area contributed by atoms with Gasteiger partial charge >= 0.3 is 5.97 Å². The first kappa shape index (κ1) is 14.3. The molecule has 0 radical (unpaired) electrons. The van der Waals surface area contributed by atoms with Crippen LogP contribution in [0.25, 0.3) is 16.9 Å². The van der Waals surface area contributed by atoms with Crippen molar-refractivity contribution >= 4 is 5.97 Å². The van der Waals surface area contributed by atoms with Crippen molar-refractivity contribution in [3.63, 3.8) is 0 Å². The molecule has 0 unspecified atom stereocenters. The molecule has 2 heterocycles. The number of carboxylic acid groups (broad SMARTS) is 1. The van der Waals surface area contributed by atoms with Crippen LogP contribution in [0.15, 0.2) is 54.7 Å². The lowest BCUT2D eigenvalue weighted by Gasteiger charge is -2.18. The summed E-state index contributed by atoms with van der Waals surface area (Å²) in [5.41, 5.74) is 1.99. The molecule has 4 rings (SSSR count). The summed E-state index contributed by atoms with van der Waals surface area (Å²) in [6.45, 7) is 0.982. The van der Waals surface area contributed by atoms with E-state index in [1.165, 1.54) is 6.20 Å². The highest BCUT2D eigenvalue weighted by Gasteiger charge is 2.20. The normalized spacial score (nSPS) is 12.8. The minimum atomic E-state index is -1.03. The fraction of sp³-hybridized carbons (Fsp3) is 0.111. The smallest absolute Gasteiger partial charge is 0.339 e. The van der Waals surface area contributed by atoms with Crippen molar-refractivity contribution in [2.45, 2.75) is 0 Å². The molecule has 1 aliphatic rings. The molecule has 1 aliphatic heterocycles. The van der Waals surface area contributed by atoms with Crippen molar-refractivity contribution in [3.05, 3.63) is 60.3 Å². The van der Waals surface area contributed by atoms with E-state index in [2.05, 4.69) is 5.10 Å². The first-order valence-electron chi connectivity index (χ1n) is 7.51. The molecule has 0 saturated carbocycles. The zero-order valence-electron chi connectivity index (χ0n) is 12.7. The summed E-state index contributed by atoms with van der Waals surface area (Å²) in [7, 11) is 0. The molecule has 3 aromatic rings. The third kappa shape index (κ3) is 2.48. The molecule has 0 bridgehead atoms. The van der Waals surface area contributed by atoms with Gasteiger partial charge in [-0.15, -0.1) is 0 Å². The Bertz CT molecular complexity index is 903. The van der Waals surface area contributed by atoms with Crippen LogP contribution < -0.4 is 9.47 Å². The Labute approximate surface area is 137 Å². The second-order valence-electron chi connectivity index (χ2n) is 5.34. The maximum atomic E-state index is 11.6. The Morgan fingerprint density at radius 3 is 2.54 bits per heavy atom. The van der Waals surface area contributed by atoms with E-state index < -0.39 is 5.97 Å². The maximum absolute atomic E-state index is 11.6. The molecule has 0 spiro atoms. The van der Waals surface area contributed by atoms with Crippen LogP contribution in [0.5, 0.6) is 11.5 Å². The van der Waals surface area contributed by atoms with Crippen molar-refractivity contribution in [2.75, 3.05) is 13.2 Å². The Morgan fingerprint density at radius 2 is 1.79 bits per heavy atom. The van der Waals surface area contributed by atoms with Crippen LogP contribution in [0.1, 0.15) is 10.4 Å². The van der Waals surface area contributed by atoms with Gasteiger partial charge in [0.2, 0.25) is 0 Å². The molecule has 6 nitrogen and oxygen atoms in total. The summed E-state index contributed by atoms with van der Waals surface area (Å²) in [6.07, 6.45) is 1.52. The number of hydrogen-bond acceptors (Lipinski definition) is 4. The molecular weight excluding hydrogens is 308 g/mol. The van der Waals surface area contributed by atoms with E-state index in [1.54, 1.807) is 22.9 Å². The summed E-state index contributed by atoms with van der Waals surface area (Å²) < 4.78 is 12.6. The van der Waals surface area contributed by atoms with E-state index in [4.69, 9.17) is 9.47 Å². The first-order chi connectivity index (χ1) is 11.7. The summed E-state index contributed by atoms with van der Waals surface area (Å²) in [5, 5.41) is 14.0. The Hall–Kier alpha value is -3.28. The van der Waals surface area contributed by atoms with Gasteiger partial charge in [-0.1, -0.05) is 18.2 Å². The van der Waals surface area contributed by atoms with Gasteiger partial charge in [-0.05, 0) is 30.3 Å². The van der Waals surface area contributed by atoms with E-state index in [9.17, 15) is 9.90 Å². The number of nitrogens with zero attached hydrogens (tertiary/aromatic N) is 2. The molecule has 24 heavy (non-hydrogen) atoms. The lowest BCUT2D eigenvalue weighted by atomic mass is 10.1.